The number of rotatable bonds is 7. The fourth-order valence-corrected chi connectivity index (χ4v) is 2.52. The summed E-state index contributed by atoms with van der Waals surface area (Å²) in [6, 6.07) is 11.4. The summed E-state index contributed by atoms with van der Waals surface area (Å²) in [4.78, 5) is 12.1. The fraction of sp³-hybridized carbons (Fsp3) is 0.200. The molecule has 1 heterocycles. The van der Waals surface area contributed by atoms with E-state index in [9.17, 15) is 4.79 Å². The van der Waals surface area contributed by atoms with Crippen LogP contribution in [0, 0.1) is 11.3 Å². The van der Waals surface area contributed by atoms with Crippen LogP contribution in [-0.2, 0) is 11.3 Å². The Balaban J connectivity index is 1.74. The first-order chi connectivity index (χ1) is 14.1. The van der Waals surface area contributed by atoms with Crippen LogP contribution in [0.25, 0.3) is 11.5 Å². The van der Waals surface area contributed by atoms with E-state index in [1.807, 2.05) is 6.07 Å². The van der Waals surface area contributed by atoms with Gasteiger partial charge in [0.1, 0.15) is 0 Å². The van der Waals surface area contributed by atoms with E-state index in [0.29, 0.717) is 33.9 Å². The van der Waals surface area contributed by atoms with Crippen molar-refractivity contribution in [3.63, 3.8) is 0 Å². The van der Waals surface area contributed by atoms with E-state index in [1.54, 1.807) is 12.1 Å². The van der Waals surface area contributed by atoms with Crippen LogP contribution in [0.2, 0.25) is 0 Å². The lowest BCUT2D eigenvalue weighted by molar-refractivity contribution is 0.0438. The molecule has 0 aliphatic heterocycles. The van der Waals surface area contributed by atoms with E-state index in [4.69, 9.17) is 28.6 Å². The summed E-state index contributed by atoms with van der Waals surface area (Å²) in [5.74, 6) is 1.07. The van der Waals surface area contributed by atoms with Crippen LogP contribution in [-0.4, -0.2) is 37.5 Å². The molecule has 9 heteroatoms. The number of ether oxygens (including phenoxy) is 4. The maximum absolute atomic E-state index is 12.1. The number of nitriles is 1. The van der Waals surface area contributed by atoms with Crippen molar-refractivity contribution in [3.05, 3.63) is 53.4 Å². The van der Waals surface area contributed by atoms with Crippen molar-refractivity contribution in [2.75, 3.05) is 21.3 Å². The molecule has 29 heavy (non-hydrogen) atoms. The Bertz CT molecular complexity index is 1030. The predicted octanol–water partition coefficient (Wildman–Crippen LogP) is 2.99. The fourth-order valence-electron chi connectivity index (χ4n) is 2.52. The van der Waals surface area contributed by atoms with Crippen molar-refractivity contribution in [1.29, 1.82) is 5.26 Å². The number of esters is 1. The number of carbonyl (C=O) groups is 1. The number of hydrogen-bond acceptors (Lipinski definition) is 9. The molecule has 0 saturated heterocycles. The molecule has 0 amide bonds. The van der Waals surface area contributed by atoms with Gasteiger partial charge in [-0.05, 0) is 36.4 Å². The number of benzene rings is 2. The molecule has 0 unspecified atom stereocenters. The molecule has 0 N–H and O–H groups in total. The molecule has 0 bridgehead atoms. The Morgan fingerprint density at radius 2 is 1.69 bits per heavy atom. The van der Waals surface area contributed by atoms with Crippen molar-refractivity contribution in [2.24, 2.45) is 0 Å². The van der Waals surface area contributed by atoms with E-state index < -0.39 is 5.97 Å². The van der Waals surface area contributed by atoms with Gasteiger partial charge in [0.05, 0.1) is 38.5 Å². The number of nitrogens with zero attached hydrogens (tertiary/aromatic N) is 3. The SMILES string of the molecule is COc1cc(-c2nnc(COC(=O)c3ccc(C#N)cc3)o2)cc(OC)c1OC. The highest BCUT2D eigenvalue weighted by atomic mass is 16.5. The van der Waals surface area contributed by atoms with Crippen LogP contribution in [0.15, 0.2) is 40.8 Å². The molecule has 0 saturated carbocycles. The molecule has 0 spiro atoms. The summed E-state index contributed by atoms with van der Waals surface area (Å²) in [5, 5.41) is 16.7. The third-order valence-electron chi connectivity index (χ3n) is 3.95. The molecular formula is C20H17N3O6. The minimum Gasteiger partial charge on any atom is -0.493 e. The summed E-state index contributed by atoms with van der Waals surface area (Å²) in [6.45, 7) is -0.198. The van der Waals surface area contributed by atoms with Gasteiger partial charge in [-0.1, -0.05) is 0 Å². The molecule has 0 fully saturated rings. The van der Waals surface area contributed by atoms with Crippen molar-refractivity contribution >= 4 is 5.97 Å². The summed E-state index contributed by atoms with van der Waals surface area (Å²) in [6.07, 6.45) is 0. The van der Waals surface area contributed by atoms with Gasteiger partial charge in [-0.3, -0.25) is 0 Å². The smallest absolute Gasteiger partial charge is 0.338 e. The van der Waals surface area contributed by atoms with Crippen LogP contribution in [0.5, 0.6) is 17.2 Å². The van der Waals surface area contributed by atoms with Gasteiger partial charge in [-0.15, -0.1) is 10.2 Å². The zero-order chi connectivity index (χ0) is 20.8. The zero-order valence-corrected chi connectivity index (χ0v) is 16.0. The van der Waals surface area contributed by atoms with Gasteiger partial charge in [0.15, 0.2) is 18.1 Å². The van der Waals surface area contributed by atoms with Crippen LogP contribution in [0.4, 0.5) is 0 Å². The molecule has 0 atom stereocenters. The molecule has 3 aromatic rings. The summed E-state index contributed by atoms with van der Waals surface area (Å²) in [5.41, 5.74) is 1.32. The number of hydrogen-bond donors (Lipinski definition) is 0. The van der Waals surface area contributed by atoms with Gasteiger partial charge in [0, 0.05) is 5.56 Å². The molecule has 9 nitrogen and oxygen atoms in total. The van der Waals surface area contributed by atoms with Crippen molar-refractivity contribution < 1.29 is 28.2 Å². The highest BCUT2D eigenvalue weighted by Crippen LogP contribution is 2.40. The van der Waals surface area contributed by atoms with E-state index >= 15 is 0 Å². The van der Waals surface area contributed by atoms with Crippen LogP contribution < -0.4 is 14.2 Å². The summed E-state index contributed by atoms with van der Waals surface area (Å²) in [7, 11) is 4.51. The maximum Gasteiger partial charge on any atom is 0.338 e. The topological polar surface area (TPSA) is 117 Å². The van der Waals surface area contributed by atoms with Crippen molar-refractivity contribution in [1.82, 2.24) is 10.2 Å². The average molecular weight is 395 g/mol. The molecule has 0 aliphatic rings. The standard InChI is InChI=1S/C20H17N3O6/c1-25-15-8-14(9-16(26-2)18(15)27-3)19-23-22-17(29-19)11-28-20(24)13-6-4-12(10-21)5-7-13/h4-9H,11H2,1-3H3. The lowest BCUT2D eigenvalue weighted by Crippen LogP contribution is -2.05. The first-order valence-electron chi connectivity index (χ1n) is 8.39. The minimum absolute atomic E-state index is 0.121. The number of methoxy groups -OCH3 is 3. The molecule has 0 radical (unpaired) electrons. The third kappa shape index (κ3) is 4.27. The first kappa shape index (κ1) is 19.7. The molecular weight excluding hydrogens is 378 g/mol. The van der Waals surface area contributed by atoms with Gasteiger partial charge in [-0.2, -0.15) is 5.26 Å². The summed E-state index contributed by atoms with van der Waals surface area (Å²) >= 11 is 0. The second-order valence-corrected chi connectivity index (χ2v) is 5.68. The minimum atomic E-state index is -0.568. The monoisotopic (exact) mass is 395 g/mol. The molecule has 3 rings (SSSR count). The number of aromatic nitrogens is 2. The van der Waals surface area contributed by atoms with E-state index in [-0.39, 0.29) is 18.4 Å². The van der Waals surface area contributed by atoms with E-state index in [0.717, 1.165) is 0 Å². The van der Waals surface area contributed by atoms with Crippen LogP contribution >= 0.6 is 0 Å². The molecule has 2 aromatic carbocycles. The Kier molecular flexibility index (Phi) is 5.94. The van der Waals surface area contributed by atoms with Crippen LogP contribution in [0.3, 0.4) is 0 Å². The Hall–Kier alpha value is -4.06. The highest BCUT2D eigenvalue weighted by Gasteiger charge is 2.18. The quantitative estimate of drug-likeness (QED) is 0.556. The Morgan fingerprint density at radius 1 is 1.03 bits per heavy atom. The second-order valence-electron chi connectivity index (χ2n) is 5.68. The largest absolute Gasteiger partial charge is 0.493 e. The highest BCUT2D eigenvalue weighted by molar-refractivity contribution is 5.89. The normalized spacial score (nSPS) is 10.1. The Morgan fingerprint density at radius 3 is 2.24 bits per heavy atom. The summed E-state index contributed by atoms with van der Waals surface area (Å²) < 4.78 is 26.6. The molecule has 148 valence electrons. The third-order valence-corrected chi connectivity index (χ3v) is 3.95. The maximum atomic E-state index is 12.1. The van der Waals surface area contributed by atoms with E-state index in [1.165, 1.54) is 45.6 Å². The van der Waals surface area contributed by atoms with Gasteiger partial charge in [0.2, 0.25) is 11.6 Å². The van der Waals surface area contributed by atoms with Gasteiger partial charge in [-0.25, -0.2) is 4.79 Å². The van der Waals surface area contributed by atoms with Gasteiger partial charge < -0.3 is 23.4 Å². The van der Waals surface area contributed by atoms with Gasteiger partial charge >= 0.3 is 5.97 Å². The lowest BCUT2D eigenvalue weighted by Gasteiger charge is -2.12. The van der Waals surface area contributed by atoms with E-state index in [2.05, 4.69) is 10.2 Å². The first-order valence-corrected chi connectivity index (χ1v) is 8.39. The predicted molar refractivity (Wildman–Crippen MR) is 99.7 cm³/mol. The molecule has 1 aromatic heterocycles. The van der Waals surface area contributed by atoms with Crippen molar-refractivity contribution in [3.8, 4) is 34.8 Å². The van der Waals surface area contributed by atoms with Crippen molar-refractivity contribution in [2.45, 2.75) is 6.61 Å². The average Bonchev–Trinajstić information content (AvgIpc) is 3.25. The molecule has 0 aliphatic carbocycles. The van der Waals surface area contributed by atoms with Crippen LogP contribution in [0.1, 0.15) is 21.8 Å². The second kappa shape index (κ2) is 8.75. The van der Waals surface area contributed by atoms with Gasteiger partial charge in [0.25, 0.3) is 5.89 Å². The zero-order valence-electron chi connectivity index (χ0n) is 16.0. The number of carbonyl (C=O) groups excluding carboxylic acids is 1. The Labute approximate surface area is 166 Å². The lowest BCUT2D eigenvalue weighted by atomic mass is 10.1.